The van der Waals surface area contributed by atoms with Gasteiger partial charge in [0.05, 0.1) is 24.1 Å². The molecular formula is C13H11BrN2O3. The Morgan fingerprint density at radius 1 is 1.42 bits per heavy atom. The van der Waals surface area contributed by atoms with Crippen LogP contribution in [0.2, 0.25) is 0 Å². The van der Waals surface area contributed by atoms with Crippen molar-refractivity contribution in [2.75, 3.05) is 0 Å². The van der Waals surface area contributed by atoms with E-state index >= 15 is 0 Å². The highest BCUT2D eigenvalue weighted by Crippen LogP contribution is 2.11. The van der Waals surface area contributed by atoms with E-state index in [-0.39, 0.29) is 17.7 Å². The summed E-state index contributed by atoms with van der Waals surface area (Å²) < 4.78 is 1.77. The molecule has 0 radical (unpaired) electrons. The molecule has 1 aromatic heterocycles. The molecule has 0 atom stereocenters. The average Bonchev–Trinajstić information content (AvgIpc) is 2.40. The van der Waals surface area contributed by atoms with Crippen LogP contribution in [0.15, 0.2) is 39.9 Å². The second-order valence-electron chi connectivity index (χ2n) is 4.04. The minimum atomic E-state index is -1.01. The zero-order chi connectivity index (χ0) is 14.0. The van der Waals surface area contributed by atoms with Crippen molar-refractivity contribution in [3.05, 3.63) is 62.2 Å². The summed E-state index contributed by atoms with van der Waals surface area (Å²) in [5.74, 6) is -1.01. The molecule has 1 aromatic carbocycles. The molecule has 0 aliphatic heterocycles. The summed E-state index contributed by atoms with van der Waals surface area (Å²) in [5.41, 5.74) is 1.13. The van der Waals surface area contributed by atoms with Crippen LogP contribution in [0.3, 0.4) is 0 Å². The van der Waals surface area contributed by atoms with Crippen LogP contribution in [0, 0.1) is 6.92 Å². The molecular weight excluding hydrogens is 312 g/mol. The Kier molecular flexibility index (Phi) is 3.80. The van der Waals surface area contributed by atoms with Crippen molar-refractivity contribution in [3.63, 3.8) is 0 Å². The van der Waals surface area contributed by atoms with Gasteiger partial charge in [0, 0.05) is 0 Å². The Morgan fingerprint density at radius 2 is 2.11 bits per heavy atom. The molecule has 2 rings (SSSR count). The van der Waals surface area contributed by atoms with Crippen molar-refractivity contribution < 1.29 is 9.90 Å². The molecule has 0 saturated heterocycles. The van der Waals surface area contributed by atoms with Gasteiger partial charge in [-0.1, -0.05) is 18.2 Å². The van der Waals surface area contributed by atoms with Gasteiger partial charge in [0.2, 0.25) is 0 Å². The Hall–Kier alpha value is -1.95. The smallest absolute Gasteiger partial charge is 0.336 e. The Labute approximate surface area is 117 Å². The monoisotopic (exact) mass is 322 g/mol. The van der Waals surface area contributed by atoms with Crippen LogP contribution in [0.5, 0.6) is 0 Å². The third-order valence-corrected chi connectivity index (χ3v) is 3.66. The van der Waals surface area contributed by atoms with Gasteiger partial charge in [-0.15, -0.1) is 0 Å². The molecule has 19 heavy (non-hydrogen) atoms. The van der Waals surface area contributed by atoms with Gasteiger partial charge in [0.15, 0.2) is 0 Å². The second kappa shape index (κ2) is 5.36. The number of nitrogens with zero attached hydrogens (tertiary/aromatic N) is 2. The number of halogens is 1. The third kappa shape index (κ3) is 2.73. The van der Waals surface area contributed by atoms with E-state index in [0.717, 1.165) is 0 Å². The number of rotatable bonds is 3. The van der Waals surface area contributed by atoms with Gasteiger partial charge < -0.3 is 5.11 Å². The van der Waals surface area contributed by atoms with Gasteiger partial charge >= 0.3 is 5.97 Å². The fourth-order valence-electron chi connectivity index (χ4n) is 1.71. The fourth-order valence-corrected chi connectivity index (χ4v) is 2.04. The van der Waals surface area contributed by atoms with Crippen LogP contribution in [-0.4, -0.2) is 20.6 Å². The van der Waals surface area contributed by atoms with E-state index in [4.69, 9.17) is 5.11 Å². The molecule has 0 spiro atoms. The van der Waals surface area contributed by atoms with Gasteiger partial charge in [0.1, 0.15) is 4.47 Å². The standard InChI is InChI=1S/C13H11BrN2O3/c1-8-11(14)12(17)16(7-15-8)6-9-4-2-3-5-10(9)13(18)19/h2-5,7H,6H2,1H3,(H,18,19). The minimum absolute atomic E-state index is 0.174. The van der Waals surface area contributed by atoms with E-state index in [2.05, 4.69) is 20.9 Å². The molecule has 2 aromatic rings. The summed E-state index contributed by atoms with van der Waals surface area (Å²) in [5, 5.41) is 9.10. The zero-order valence-electron chi connectivity index (χ0n) is 10.1. The first-order chi connectivity index (χ1) is 9.00. The summed E-state index contributed by atoms with van der Waals surface area (Å²) in [7, 11) is 0. The Balaban J connectivity index is 2.46. The number of carboxylic acid groups (broad SMARTS) is 1. The van der Waals surface area contributed by atoms with Gasteiger partial charge in [-0.2, -0.15) is 0 Å². The SMILES string of the molecule is Cc1ncn(Cc2ccccc2C(=O)O)c(=O)c1Br. The van der Waals surface area contributed by atoms with Crippen molar-refractivity contribution >= 4 is 21.9 Å². The predicted octanol–water partition coefficient (Wildman–Crippen LogP) is 2.06. The van der Waals surface area contributed by atoms with Crippen molar-refractivity contribution in [2.45, 2.75) is 13.5 Å². The van der Waals surface area contributed by atoms with E-state index in [9.17, 15) is 9.59 Å². The first-order valence-corrected chi connectivity index (χ1v) is 6.32. The van der Waals surface area contributed by atoms with Crippen molar-refractivity contribution in [1.29, 1.82) is 0 Å². The Bertz CT molecular complexity index is 695. The lowest BCUT2D eigenvalue weighted by Crippen LogP contribution is -2.23. The maximum Gasteiger partial charge on any atom is 0.336 e. The van der Waals surface area contributed by atoms with E-state index in [1.807, 2.05) is 0 Å². The summed E-state index contributed by atoms with van der Waals surface area (Å²) in [6, 6.07) is 6.59. The number of hydrogen-bond acceptors (Lipinski definition) is 3. The van der Waals surface area contributed by atoms with Gasteiger partial charge in [-0.25, -0.2) is 9.78 Å². The number of carboxylic acids is 1. The summed E-state index contributed by atoms with van der Waals surface area (Å²) in [4.78, 5) is 27.2. The highest BCUT2D eigenvalue weighted by atomic mass is 79.9. The number of hydrogen-bond donors (Lipinski definition) is 1. The summed E-state index contributed by atoms with van der Waals surface area (Å²) in [6.07, 6.45) is 1.42. The third-order valence-electron chi connectivity index (χ3n) is 2.75. The lowest BCUT2D eigenvalue weighted by atomic mass is 10.1. The molecule has 0 unspecified atom stereocenters. The van der Waals surface area contributed by atoms with Crippen molar-refractivity contribution in [2.24, 2.45) is 0 Å². The molecule has 0 saturated carbocycles. The summed E-state index contributed by atoms with van der Waals surface area (Å²) in [6.45, 7) is 1.90. The van der Waals surface area contributed by atoms with Gasteiger partial charge in [0.25, 0.3) is 5.56 Å². The number of aryl methyl sites for hydroxylation is 1. The van der Waals surface area contributed by atoms with Crippen LogP contribution < -0.4 is 5.56 Å². The van der Waals surface area contributed by atoms with Gasteiger partial charge in [-0.05, 0) is 34.5 Å². The Morgan fingerprint density at radius 3 is 2.79 bits per heavy atom. The molecule has 6 heteroatoms. The van der Waals surface area contributed by atoms with E-state index in [1.165, 1.54) is 17.0 Å². The number of benzene rings is 1. The number of aromatic nitrogens is 2. The quantitative estimate of drug-likeness (QED) is 0.938. The highest BCUT2D eigenvalue weighted by molar-refractivity contribution is 9.10. The molecule has 0 bridgehead atoms. The van der Waals surface area contributed by atoms with Gasteiger partial charge in [-0.3, -0.25) is 9.36 Å². The molecule has 5 nitrogen and oxygen atoms in total. The second-order valence-corrected chi connectivity index (χ2v) is 4.83. The van der Waals surface area contributed by atoms with Crippen LogP contribution in [-0.2, 0) is 6.54 Å². The topological polar surface area (TPSA) is 72.2 Å². The average molecular weight is 323 g/mol. The predicted molar refractivity (Wildman–Crippen MR) is 73.4 cm³/mol. The first-order valence-electron chi connectivity index (χ1n) is 5.53. The number of carbonyl (C=O) groups is 1. The van der Waals surface area contributed by atoms with Crippen LogP contribution >= 0.6 is 15.9 Å². The molecule has 98 valence electrons. The molecule has 0 aliphatic carbocycles. The van der Waals surface area contributed by atoms with E-state index in [0.29, 0.717) is 15.7 Å². The summed E-state index contributed by atoms with van der Waals surface area (Å²) >= 11 is 3.18. The van der Waals surface area contributed by atoms with Crippen LogP contribution in [0.25, 0.3) is 0 Å². The van der Waals surface area contributed by atoms with Crippen LogP contribution in [0.4, 0.5) is 0 Å². The largest absolute Gasteiger partial charge is 0.478 e. The molecule has 1 heterocycles. The normalized spacial score (nSPS) is 10.4. The highest BCUT2D eigenvalue weighted by Gasteiger charge is 2.11. The fraction of sp³-hybridized carbons (Fsp3) is 0.154. The van der Waals surface area contributed by atoms with Crippen LogP contribution in [0.1, 0.15) is 21.6 Å². The van der Waals surface area contributed by atoms with E-state index < -0.39 is 5.97 Å². The maximum atomic E-state index is 12.0. The van der Waals surface area contributed by atoms with Crippen molar-refractivity contribution in [1.82, 2.24) is 9.55 Å². The number of aromatic carboxylic acids is 1. The zero-order valence-corrected chi connectivity index (χ0v) is 11.7. The lowest BCUT2D eigenvalue weighted by molar-refractivity contribution is 0.0695. The lowest BCUT2D eigenvalue weighted by Gasteiger charge is -2.09. The first kappa shape index (κ1) is 13.5. The molecule has 1 N–H and O–H groups in total. The molecule has 0 fully saturated rings. The maximum absolute atomic E-state index is 12.0. The molecule has 0 aliphatic rings. The van der Waals surface area contributed by atoms with E-state index in [1.54, 1.807) is 25.1 Å². The molecule has 0 amide bonds. The van der Waals surface area contributed by atoms with Crippen molar-refractivity contribution in [3.8, 4) is 0 Å². The minimum Gasteiger partial charge on any atom is -0.478 e.